The Morgan fingerprint density at radius 3 is 1.32 bits per heavy atom. The largest absolute Gasteiger partial charge is 1.00 e. The summed E-state index contributed by atoms with van der Waals surface area (Å²) in [6.07, 6.45) is -2.91. The molecule has 0 atom stereocenters. The zero-order valence-electron chi connectivity index (χ0n) is 20.9. The summed E-state index contributed by atoms with van der Waals surface area (Å²) in [6, 6.07) is -0.297. The molecule has 0 aliphatic carbocycles. The normalized spacial score (nSPS) is 9.94. The van der Waals surface area contributed by atoms with E-state index in [1.165, 1.54) is 14.1 Å². The Kier molecular flexibility index (Phi) is 25.3. The fraction of sp³-hybridized carbons (Fsp3) is 0.778. The van der Waals surface area contributed by atoms with E-state index in [1.807, 2.05) is 22.6 Å². The van der Waals surface area contributed by atoms with Crippen LogP contribution in [0.1, 0.15) is 41.5 Å². The van der Waals surface area contributed by atoms with E-state index in [-0.39, 0.29) is 77.7 Å². The van der Waals surface area contributed by atoms with Crippen LogP contribution >= 0.6 is 34.2 Å². The van der Waals surface area contributed by atoms with Crippen molar-refractivity contribution < 1.29 is 101 Å². The topological polar surface area (TPSA) is 130 Å². The van der Waals surface area contributed by atoms with Crippen molar-refractivity contribution in [3.63, 3.8) is 0 Å². The van der Waals surface area contributed by atoms with Gasteiger partial charge in [-0.1, -0.05) is 11.6 Å². The molecule has 0 fully saturated rings. The standard InChI is InChI=1S/C9H16ClNO5.C9H16INO5.HI.Na/c2*1-9(2,3)16-7(12)11(4)6-15-8(13)14-5-10;;/h2*5-6H2,1-4H3;1H;/q;;;+1/p-1. The van der Waals surface area contributed by atoms with E-state index in [2.05, 4.69) is 18.9 Å². The van der Waals surface area contributed by atoms with Gasteiger partial charge in [-0.2, -0.15) is 0 Å². The van der Waals surface area contributed by atoms with Crippen LogP contribution in [-0.4, -0.2) is 83.7 Å². The summed E-state index contributed by atoms with van der Waals surface area (Å²) in [4.78, 5) is 46.6. The van der Waals surface area contributed by atoms with Gasteiger partial charge in [-0.25, -0.2) is 19.2 Å². The van der Waals surface area contributed by atoms with Gasteiger partial charge in [0.2, 0.25) is 0 Å². The minimum atomic E-state index is -0.939. The summed E-state index contributed by atoms with van der Waals surface area (Å²) in [6.45, 7) is 10.0. The van der Waals surface area contributed by atoms with Crippen LogP contribution in [0.3, 0.4) is 0 Å². The van der Waals surface area contributed by atoms with Gasteiger partial charge in [0.15, 0.2) is 19.5 Å². The van der Waals surface area contributed by atoms with Crippen molar-refractivity contribution in [1.82, 2.24) is 9.80 Å². The predicted molar refractivity (Wildman–Crippen MR) is 122 cm³/mol. The van der Waals surface area contributed by atoms with Crippen LogP contribution < -0.4 is 53.5 Å². The molecule has 0 aromatic carbocycles. The molecule has 0 radical (unpaired) electrons. The average Bonchev–Trinajstić information content (AvgIpc) is 2.62. The predicted octanol–water partition coefficient (Wildman–Crippen LogP) is -1.48. The van der Waals surface area contributed by atoms with Crippen LogP contribution in [0.4, 0.5) is 19.2 Å². The first-order valence-electron chi connectivity index (χ1n) is 9.11. The van der Waals surface area contributed by atoms with E-state index < -0.39 is 35.7 Å². The molecule has 12 nitrogen and oxygen atoms in total. The Balaban J connectivity index is -0.000000250. The van der Waals surface area contributed by atoms with Gasteiger partial charge in [0.25, 0.3) is 0 Å². The van der Waals surface area contributed by atoms with Gasteiger partial charge in [0.05, 0.1) is 0 Å². The SMILES string of the molecule is CN(COC(=O)OCCl)C(=O)OC(C)(C)C.CN(COC(=O)OCI)C(=O)OC(C)(C)C.[I-].[Na+]. The first-order chi connectivity index (χ1) is 14.5. The smallest absolute Gasteiger partial charge is 1.00 e. The second-order valence-electron chi connectivity index (χ2n) is 7.91. The molecule has 0 spiro atoms. The number of amides is 2. The first kappa shape index (κ1) is 41.0. The molecule has 0 bridgehead atoms. The molecule has 0 heterocycles. The molecule has 0 saturated carbocycles. The van der Waals surface area contributed by atoms with Crippen LogP contribution in [0.5, 0.6) is 0 Å². The second kappa shape index (κ2) is 21.0. The van der Waals surface area contributed by atoms with Crippen molar-refractivity contribution in [2.24, 2.45) is 0 Å². The maximum Gasteiger partial charge on any atom is 1.00 e. The zero-order valence-corrected chi connectivity index (χ0v) is 28.0. The van der Waals surface area contributed by atoms with Crippen molar-refractivity contribution in [3.05, 3.63) is 0 Å². The molecule has 0 aliphatic heterocycles. The Morgan fingerprint density at radius 2 is 1.06 bits per heavy atom. The zero-order chi connectivity index (χ0) is 25.5. The van der Waals surface area contributed by atoms with Crippen LogP contribution in [-0.2, 0) is 28.4 Å². The fourth-order valence-electron chi connectivity index (χ4n) is 1.26. The molecular weight excluding hydrogens is 716 g/mol. The minimum Gasteiger partial charge on any atom is -1.00 e. The summed E-state index contributed by atoms with van der Waals surface area (Å²) in [5.74, 6) is 0. The number of ether oxygens (including phenoxy) is 6. The van der Waals surface area contributed by atoms with Gasteiger partial charge >= 0.3 is 54.1 Å². The van der Waals surface area contributed by atoms with E-state index in [4.69, 9.17) is 21.1 Å². The Hall–Kier alpha value is -0.170. The van der Waals surface area contributed by atoms with E-state index >= 15 is 0 Å². The van der Waals surface area contributed by atoms with Crippen molar-refractivity contribution in [1.29, 1.82) is 0 Å². The summed E-state index contributed by atoms with van der Waals surface area (Å²) in [5.41, 5.74) is -1.17. The molecule has 0 aromatic heterocycles. The summed E-state index contributed by atoms with van der Waals surface area (Å²) in [5, 5.41) is 0. The summed E-state index contributed by atoms with van der Waals surface area (Å²) < 4.78 is 28.3. The number of halogens is 3. The Morgan fingerprint density at radius 1 is 0.735 bits per heavy atom. The van der Waals surface area contributed by atoms with Gasteiger partial charge in [0.1, 0.15) is 15.8 Å². The molecular formula is C18H32ClI2N2NaO10. The molecule has 16 heteroatoms. The molecule has 0 aliphatic rings. The number of carbonyl (C=O) groups is 4. The minimum absolute atomic E-state index is 0. The van der Waals surface area contributed by atoms with Crippen LogP contribution in [0.25, 0.3) is 0 Å². The third-order valence-corrected chi connectivity index (χ3v) is 2.93. The van der Waals surface area contributed by atoms with Crippen molar-refractivity contribution in [2.45, 2.75) is 52.7 Å². The number of hydrogen-bond donors (Lipinski definition) is 0. The molecule has 0 unspecified atom stereocenters. The molecule has 196 valence electrons. The van der Waals surface area contributed by atoms with E-state index in [0.29, 0.717) is 0 Å². The van der Waals surface area contributed by atoms with E-state index in [9.17, 15) is 19.2 Å². The van der Waals surface area contributed by atoms with Crippen LogP contribution in [0.2, 0.25) is 0 Å². The maximum atomic E-state index is 11.4. The monoisotopic (exact) mass is 748 g/mol. The van der Waals surface area contributed by atoms with Crippen LogP contribution in [0, 0.1) is 0 Å². The third kappa shape index (κ3) is 26.4. The number of nitrogens with zero attached hydrogens (tertiary/aromatic N) is 2. The van der Waals surface area contributed by atoms with Crippen molar-refractivity contribution in [2.75, 3.05) is 38.2 Å². The van der Waals surface area contributed by atoms with Gasteiger partial charge in [-0.05, 0) is 64.1 Å². The molecule has 0 aromatic rings. The first-order valence-corrected chi connectivity index (χ1v) is 11.2. The van der Waals surface area contributed by atoms with E-state index in [1.54, 1.807) is 41.5 Å². The maximum absolute atomic E-state index is 11.4. The average molecular weight is 749 g/mol. The quantitative estimate of drug-likeness (QED) is 0.0793. The molecule has 34 heavy (non-hydrogen) atoms. The number of hydrogen-bond acceptors (Lipinski definition) is 10. The number of rotatable bonds is 6. The Bertz CT molecular complexity index is 567. The summed E-state index contributed by atoms with van der Waals surface area (Å²) in [7, 11) is 2.90. The fourth-order valence-corrected chi connectivity index (χ4v) is 1.60. The Labute approximate surface area is 258 Å². The molecule has 2 amide bonds. The van der Waals surface area contributed by atoms with Crippen molar-refractivity contribution in [3.8, 4) is 0 Å². The van der Waals surface area contributed by atoms with Gasteiger partial charge in [0, 0.05) is 14.1 Å². The van der Waals surface area contributed by atoms with Gasteiger partial charge < -0.3 is 52.4 Å². The number of alkyl halides is 2. The van der Waals surface area contributed by atoms with Crippen LogP contribution in [0.15, 0.2) is 0 Å². The van der Waals surface area contributed by atoms with E-state index in [0.717, 1.165) is 9.80 Å². The molecule has 0 rings (SSSR count). The second-order valence-corrected chi connectivity index (χ2v) is 8.75. The van der Waals surface area contributed by atoms with Crippen molar-refractivity contribution >= 4 is 58.7 Å². The summed E-state index contributed by atoms with van der Waals surface area (Å²) >= 11 is 7.00. The molecule has 0 saturated heterocycles. The third-order valence-electron chi connectivity index (χ3n) is 2.51. The molecule has 0 N–H and O–H groups in total. The van der Waals surface area contributed by atoms with Gasteiger partial charge in [-0.3, -0.25) is 9.80 Å². The number of carbonyl (C=O) groups excluding carboxylic acids is 4. The van der Waals surface area contributed by atoms with Gasteiger partial charge in [-0.15, -0.1) is 0 Å².